The second-order valence-corrected chi connectivity index (χ2v) is 4.15. The number of hydrogen-bond acceptors (Lipinski definition) is 3. The predicted octanol–water partition coefficient (Wildman–Crippen LogP) is 2.25. The Morgan fingerprint density at radius 3 is 2.83 bits per heavy atom. The van der Waals surface area contributed by atoms with E-state index >= 15 is 0 Å². The maximum atomic E-state index is 11.8. The summed E-state index contributed by atoms with van der Waals surface area (Å²) in [4.78, 5) is 16.0. The van der Waals surface area contributed by atoms with Gasteiger partial charge in [-0.15, -0.1) is 0 Å². The number of halogens is 1. The second kappa shape index (κ2) is 5.51. The third-order valence-corrected chi connectivity index (χ3v) is 2.76. The van der Waals surface area contributed by atoms with Crippen LogP contribution in [0.5, 0.6) is 0 Å². The smallest absolute Gasteiger partial charge is 0.251 e. The maximum Gasteiger partial charge on any atom is 0.251 e. The molecule has 2 aromatic rings. The van der Waals surface area contributed by atoms with Gasteiger partial charge in [0.2, 0.25) is 0 Å². The fourth-order valence-corrected chi connectivity index (χ4v) is 1.58. The third kappa shape index (κ3) is 2.99. The third-order valence-electron chi connectivity index (χ3n) is 2.41. The van der Waals surface area contributed by atoms with Crippen molar-refractivity contribution >= 4 is 23.2 Å². The maximum absolute atomic E-state index is 11.8. The Bertz CT molecular complexity index is 557. The molecular formula is C13H12ClN3O. The van der Waals surface area contributed by atoms with E-state index in [1.165, 1.54) is 0 Å². The molecular weight excluding hydrogens is 250 g/mol. The van der Waals surface area contributed by atoms with Crippen LogP contribution in [0.1, 0.15) is 16.1 Å². The Morgan fingerprint density at radius 2 is 2.17 bits per heavy atom. The summed E-state index contributed by atoms with van der Waals surface area (Å²) >= 11 is 5.79. The van der Waals surface area contributed by atoms with Gasteiger partial charge < -0.3 is 11.1 Å². The van der Waals surface area contributed by atoms with Crippen molar-refractivity contribution in [3.8, 4) is 0 Å². The molecule has 0 bridgehead atoms. The molecule has 0 saturated carbocycles. The minimum absolute atomic E-state index is 0.205. The van der Waals surface area contributed by atoms with Crippen molar-refractivity contribution in [3.63, 3.8) is 0 Å². The molecule has 18 heavy (non-hydrogen) atoms. The monoisotopic (exact) mass is 261 g/mol. The number of nitrogen functional groups attached to an aromatic ring is 1. The highest BCUT2D eigenvalue weighted by molar-refractivity contribution is 6.33. The van der Waals surface area contributed by atoms with Crippen LogP contribution < -0.4 is 11.1 Å². The number of nitrogens with zero attached hydrogens (tertiary/aromatic N) is 1. The van der Waals surface area contributed by atoms with Gasteiger partial charge in [0, 0.05) is 11.8 Å². The molecule has 92 valence electrons. The highest BCUT2D eigenvalue weighted by Gasteiger charge is 2.07. The lowest BCUT2D eigenvalue weighted by atomic mass is 10.2. The van der Waals surface area contributed by atoms with Gasteiger partial charge in [-0.2, -0.15) is 0 Å². The van der Waals surface area contributed by atoms with Gasteiger partial charge in [-0.3, -0.25) is 9.78 Å². The van der Waals surface area contributed by atoms with Gasteiger partial charge in [0.1, 0.15) is 0 Å². The first-order valence-corrected chi connectivity index (χ1v) is 5.78. The van der Waals surface area contributed by atoms with Crippen molar-refractivity contribution in [3.05, 3.63) is 58.9 Å². The molecule has 0 aliphatic carbocycles. The van der Waals surface area contributed by atoms with Crippen LogP contribution in [0.2, 0.25) is 5.02 Å². The standard InChI is InChI=1S/C13H12ClN3O/c14-11-5-4-9(7-12(11)15)13(18)17-8-10-3-1-2-6-16-10/h1-7H,8,15H2,(H,17,18). The Labute approximate surface area is 110 Å². The number of carbonyl (C=O) groups excluding carboxylic acids is 1. The number of anilines is 1. The van der Waals surface area contributed by atoms with Crippen molar-refractivity contribution in [2.75, 3.05) is 5.73 Å². The van der Waals surface area contributed by atoms with Crippen molar-refractivity contribution in [1.82, 2.24) is 10.3 Å². The lowest BCUT2D eigenvalue weighted by Gasteiger charge is -2.06. The van der Waals surface area contributed by atoms with E-state index in [1.807, 2.05) is 18.2 Å². The summed E-state index contributed by atoms with van der Waals surface area (Å²) in [6.45, 7) is 0.377. The molecule has 1 aromatic heterocycles. The minimum Gasteiger partial charge on any atom is -0.398 e. The Kier molecular flexibility index (Phi) is 3.79. The zero-order valence-electron chi connectivity index (χ0n) is 9.56. The van der Waals surface area contributed by atoms with Crippen molar-refractivity contribution in [2.24, 2.45) is 0 Å². The summed E-state index contributed by atoms with van der Waals surface area (Å²) in [5, 5.41) is 3.20. The van der Waals surface area contributed by atoms with Crippen LogP contribution in [0.25, 0.3) is 0 Å². The van der Waals surface area contributed by atoms with Gasteiger partial charge >= 0.3 is 0 Å². The average Bonchev–Trinajstić information content (AvgIpc) is 2.40. The zero-order chi connectivity index (χ0) is 13.0. The molecule has 3 N–H and O–H groups in total. The number of nitrogens with two attached hydrogens (primary N) is 1. The van der Waals surface area contributed by atoms with Crippen molar-refractivity contribution < 1.29 is 4.79 Å². The number of carbonyl (C=O) groups is 1. The molecule has 4 nitrogen and oxygen atoms in total. The number of nitrogens with one attached hydrogen (secondary N) is 1. The van der Waals surface area contributed by atoms with Gasteiger partial charge in [-0.05, 0) is 30.3 Å². The fraction of sp³-hybridized carbons (Fsp3) is 0.0769. The van der Waals surface area contributed by atoms with Crippen LogP contribution in [-0.4, -0.2) is 10.9 Å². The van der Waals surface area contributed by atoms with E-state index in [0.717, 1.165) is 5.69 Å². The van der Waals surface area contributed by atoms with Gasteiger partial charge in [-0.25, -0.2) is 0 Å². The van der Waals surface area contributed by atoms with Gasteiger partial charge in [-0.1, -0.05) is 17.7 Å². The molecule has 2 rings (SSSR count). The SMILES string of the molecule is Nc1cc(C(=O)NCc2ccccn2)ccc1Cl. The van der Waals surface area contributed by atoms with Crippen LogP contribution in [0, 0.1) is 0 Å². The normalized spacial score (nSPS) is 10.1. The van der Waals surface area contributed by atoms with Crippen LogP contribution >= 0.6 is 11.6 Å². The summed E-state index contributed by atoms with van der Waals surface area (Å²) in [5.41, 5.74) is 7.31. The number of hydrogen-bond donors (Lipinski definition) is 2. The van der Waals surface area contributed by atoms with E-state index in [4.69, 9.17) is 17.3 Å². The fourth-order valence-electron chi connectivity index (χ4n) is 1.46. The Balaban J connectivity index is 2.02. The molecule has 0 radical (unpaired) electrons. The van der Waals surface area contributed by atoms with Crippen molar-refractivity contribution in [1.29, 1.82) is 0 Å². The zero-order valence-corrected chi connectivity index (χ0v) is 10.3. The number of benzene rings is 1. The molecule has 0 aliphatic heterocycles. The van der Waals surface area contributed by atoms with Crippen LogP contribution in [0.3, 0.4) is 0 Å². The summed E-state index contributed by atoms with van der Waals surface area (Å²) in [6.07, 6.45) is 1.68. The summed E-state index contributed by atoms with van der Waals surface area (Å²) in [6, 6.07) is 10.3. The van der Waals surface area contributed by atoms with Crippen LogP contribution in [0.15, 0.2) is 42.6 Å². The predicted molar refractivity (Wildman–Crippen MR) is 71.3 cm³/mol. The van der Waals surface area contributed by atoms with Gasteiger partial charge in [0.25, 0.3) is 5.91 Å². The number of rotatable bonds is 3. The lowest BCUT2D eigenvalue weighted by Crippen LogP contribution is -2.23. The molecule has 1 aromatic carbocycles. The number of pyridine rings is 1. The molecule has 0 unspecified atom stereocenters. The molecule has 1 heterocycles. The van der Waals surface area contributed by atoms with Crippen molar-refractivity contribution in [2.45, 2.75) is 6.54 Å². The van der Waals surface area contributed by atoms with E-state index in [2.05, 4.69) is 10.3 Å². The first-order chi connectivity index (χ1) is 8.66. The highest BCUT2D eigenvalue weighted by atomic mass is 35.5. The molecule has 0 spiro atoms. The summed E-state index contributed by atoms with van der Waals surface area (Å²) in [7, 11) is 0. The summed E-state index contributed by atoms with van der Waals surface area (Å²) < 4.78 is 0. The highest BCUT2D eigenvalue weighted by Crippen LogP contribution is 2.19. The topological polar surface area (TPSA) is 68.0 Å². The number of amides is 1. The molecule has 0 fully saturated rings. The van der Waals surface area contributed by atoms with E-state index in [-0.39, 0.29) is 5.91 Å². The first kappa shape index (κ1) is 12.4. The molecule has 5 heteroatoms. The van der Waals surface area contributed by atoms with E-state index < -0.39 is 0 Å². The van der Waals surface area contributed by atoms with E-state index in [1.54, 1.807) is 24.4 Å². The minimum atomic E-state index is -0.205. The Hall–Kier alpha value is -2.07. The molecule has 0 atom stereocenters. The van der Waals surface area contributed by atoms with E-state index in [9.17, 15) is 4.79 Å². The van der Waals surface area contributed by atoms with Crippen LogP contribution in [0.4, 0.5) is 5.69 Å². The molecule has 0 saturated heterocycles. The van der Waals surface area contributed by atoms with Gasteiger partial charge in [0.15, 0.2) is 0 Å². The lowest BCUT2D eigenvalue weighted by molar-refractivity contribution is 0.0950. The van der Waals surface area contributed by atoms with Gasteiger partial charge in [0.05, 0.1) is 22.9 Å². The molecule has 0 aliphatic rings. The average molecular weight is 262 g/mol. The molecule has 1 amide bonds. The largest absolute Gasteiger partial charge is 0.398 e. The Morgan fingerprint density at radius 1 is 1.33 bits per heavy atom. The first-order valence-electron chi connectivity index (χ1n) is 5.40. The summed E-state index contributed by atoms with van der Waals surface area (Å²) in [5.74, 6) is -0.205. The quantitative estimate of drug-likeness (QED) is 0.833. The van der Waals surface area contributed by atoms with E-state index in [0.29, 0.717) is 22.8 Å². The second-order valence-electron chi connectivity index (χ2n) is 3.74. The number of aromatic nitrogens is 1. The van der Waals surface area contributed by atoms with Crippen LogP contribution in [-0.2, 0) is 6.54 Å².